The summed E-state index contributed by atoms with van der Waals surface area (Å²) in [6, 6.07) is 74.3. The number of hydrogen-bond donors (Lipinski definition) is 0. The molecule has 0 aliphatic rings. The molecule has 0 aliphatic carbocycles. The molecular formula is C51H35N3. The van der Waals surface area contributed by atoms with Gasteiger partial charge in [0.15, 0.2) is 17.5 Å². The molecule has 9 rings (SSSR count). The van der Waals surface area contributed by atoms with Gasteiger partial charge in [-0.15, -0.1) is 0 Å². The zero-order valence-corrected chi connectivity index (χ0v) is 29.5. The smallest absolute Gasteiger partial charge is 0.164 e. The molecule has 8 aromatic carbocycles. The lowest BCUT2D eigenvalue weighted by Gasteiger charge is -2.19. The molecule has 54 heavy (non-hydrogen) atoms. The summed E-state index contributed by atoms with van der Waals surface area (Å²) >= 11 is 0. The van der Waals surface area contributed by atoms with Crippen molar-refractivity contribution in [1.82, 2.24) is 15.0 Å². The van der Waals surface area contributed by atoms with Gasteiger partial charge in [0.05, 0.1) is 0 Å². The highest BCUT2D eigenvalue weighted by Gasteiger charge is 2.18. The second-order valence-electron chi connectivity index (χ2n) is 13.2. The van der Waals surface area contributed by atoms with Crippen molar-refractivity contribution in [2.45, 2.75) is 0 Å². The van der Waals surface area contributed by atoms with E-state index in [1.54, 1.807) is 0 Å². The van der Waals surface area contributed by atoms with Crippen LogP contribution in [0, 0.1) is 0 Å². The van der Waals surface area contributed by atoms with Crippen molar-refractivity contribution in [3.8, 4) is 89.8 Å². The van der Waals surface area contributed by atoms with Crippen molar-refractivity contribution in [3.05, 3.63) is 212 Å². The Hall–Kier alpha value is -7.23. The zero-order valence-electron chi connectivity index (χ0n) is 29.5. The molecule has 3 heteroatoms. The van der Waals surface area contributed by atoms with Gasteiger partial charge in [-0.3, -0.25) is 0 Å². The summed E-state index contributed by atoms with van der Waals surface area (Å²) in [5.41, 5.74) is 14.4. The van der Waals surface area contributed by atoms with Crippen molar-refractivity contribution >= 4 is 0 Å². The topological polar surface area (TPSA) is 38.7 Å². The van der Waals surface area contributed by atoms with Gasteiger partial charge in [0.25, 0.3) is 0 Å². The van der Waals surface area contributed by atoms with E-state index in [0.717, 1.165) is 44.5 Å². The Morgan fingerprint density at radius 3 is 1.11 bits per heavy atom. The van der Waals surface area contributed by atoms with Gasteiger partial charge in [0.2, 0.25) is 0 Å². The number of benzene rings is 8. The predicted octanol–water partition coefficient (Wildman–Crippen LogP) is 13.2. The molecule has 0 bridgehead atoms. The van der Waals surface area contributed by atoms with E-state index in [1.807, 2.05) is 60.7 Å². The van der Waals surface area contributed by atoms with Gasteiger partial charge in [0.1, 0.15) is 0 Å². The molecule has 0 N–H and O–H groups in total. The van der Waals surface area contributed by atoms with Crippen molar-refractivity contribution in [2.24, 2.45) is 0 Å². The van der Waals surface area contributed by atoms with Crippen LogP contribution in [0.25, 0.3) is 89.8 Å². The minimum absolute atomic E-state index is 0.629. The zero-order chi connectivity index (χ0) is 36.1. The predicted molar refractivity (Wildman–Crippen MR) is 223 cm³/mol. The van der Waals surface area contributed by atoms with Crippen LogP contribution in [0.5, 0.6) is 0 Å². The van der Waals surface area contributed by atoms with Crippen molar-refractivity contribution < 1.29 is 0 Å². The largest absolute Gasteiger partial charge is 0.208 e. The van der Waals surface area contributed by atoms with Crippen LogP contribution in [0.15, 0.2) is 212 Å². The fourth-order valence-corrected chi connectivity index (χ4v) is 7.15. The minimum atomic E-state index is 0.629. The first-order chi connectivity index (χ1) is 26.8. The highest BCUT2D eigenvalue weighted by molar-refractivity contribution is 5.97. The molecule has 1 aromatic heterocycles. The molecule has 0 spiro atoms. The maximum absolute atomic E-state index is 5.04. The SMILES string of the molecule is c1ccc(-c2nc(-c3ccccc3)nc(-c3cccc(-c4cc(-c5cccc(-c6ccccc6)c5-c5ccccc5)ccc4-c4ccccc4)c3)n2)cc1. The number of hydrogen-bond acceptors (Lipinski definition) is 3. The summed E-state index contributed by atoms with van der Waals surface area (Å²) in [5, 5.41) is 0. The Labute approximate surface area is 316 Å². The molecule has 0 saturated carbocycles. The normalized spacial score (nSPS) is 11.0. The van der Waals surface area contributed by atoms with Crippen LogP contribution in [-0.2, 0) is 0 Å². The van der Waals surface area contributed by atoms with Gasteiger partial charge in [0, 0.05) is 16.7 Å². The van der Waals surface area contributed by atoms with E-state index >= 15 is 0 Å². The lowest BCUT2D eigenvalue weighted by Crippen LogP contribution is -2.00. The molecule has 1 heterocycles. The van der Waals surface area contributed by atoms with Gasteiger partial charge < -0.3 is 0 Å². The third-order valence-corrected chi connectivity index (χ3v) is 9.76. The van der Waals surface area contributed by atoms with E-state index < -0.39 is 0 Å². The molecule has 254 valence electrons. The van der Waals surface area contributed by atoms with Gasteiger partial charge in [-0.1, -0.05) is 200 Å². The Bertz CT molecular complexity index is 2620. The van der Waals surface area contributed by atoms with Crippen LogP contribution in [0.1, 0.15) is 0 Å². The standard InChI is InChI=1S/C51H35N3/c1-6-18-36(19-7-1)44-33-32-42(46-31-17-30-45(37-20-8-2-9-21-37)48(46)38-22-10-3-11-23-38)35-47(44)41-28-16-29-43(34-41)51-53-49(39-24-12-4-13-25-39)52-50(54-51)40-26-14-5-15-27-40/h1-35H. The molecular weight excluding hydrogens is 655 g/mol. The van der Waals surface area contributed by atoms with Crippen LogP contribution in [-0.4, -0.2) is 15.0 Å². The van der Waals surface area contributed by atoms with Gasteiger partial charge in [-0.05, 0) is 67.8 Å². The van der Waals surface area contributed by atoms with Gasteiger partial charge in [-0.25, -0.2) is 15.0 Å². The Balaban J connectivity index is 1.23. The van der Waals surface area contributed by atoms with Crippen LogP contribution in [0.3, 0.4) is 0 Å². The Morgan fingerprint density at radius 1 is 0.204 bits per heavy atom. The van der Waals surface area contributed by atoms with E-state index in [2.05, 4.69) is 152 Å². The highest BCUT2D eigenvalue weighted by atomic mass is 15.0. The second-order valence-corrected chi connectivity index (χ2v) is 13.2. The summed E-state index contributed by atoms with van der Waals surface area (Å²) in [5.74, 6) is 1.91. The fraction of sp³-hybridized carbons (Fsp3) is 0. The summed E-state index contributed by atoms with van der Waals surface area (Å²) in [6.07, 6.45) is 0. The average molecular weight is 690 g/mol. The molecule has 0 unspecified atom stereocenters. The van der Waals surface area contributed by atoms with Gasteiger partial charge >= 0.3 is 0 Å². The minimum Gasteiger partial charge on any atom is -0.208 e. The summed E-state index contributed by atoms with van der Waals surface area (Å²) in [7, 11) is 0. The monoisotopic (exact) mass is 689 g/mol. The quantitative estimate of drug-likeness (QED) is 0.159. The Kier molecular flexibility index (Phi) is 8.94. The first-order valence-corrected chi connectivity index (χ1v) is 18.2. The molecule has 0 fully saturated rings. The van der Waals surface area contributed by atoms with Crippen molar-refractivity contribution in [3.63, 3.8) is 0 Å². The van der Waals surface area contributed by atoms with Gasteiger partial charge in [-0.2, -0.15) is 0 Å². The lowest BCUT2D eigenvalue weighted by atomic mass is 9.85. The highest BCUT2D eigenvalue weighted by Crippen LogP contribution is 2.43. The molecule has 0 radical (unpaired) electrons. The first kappa shape index (κ1) is 32.7. The first-order valence-electron chi connectivity index (χ1n) is 18.2. The lowest BCUT2D eigenvalue weighted by molar-refractivity contribution is 1.07. The van der Waals surface area contributed by atoms with E-state index in [0.29, 0.717) is 17.5 Å². The maximum atomic E-state index is 5.04. The average Bonchev–Trinajstić information content (AvgIpc) is 3.27. The van der Waals surface area contributed by atoms with E-state index in [4.69, 9.17) is 15.0 Å². The van der Waals surface area contributed by atoms with Crippen molar-refractivity contribution in [2.75, 3.05) is 0 Å². The summed E-state index contributed by atoms with van der Waals surface area (Å²) < 4.78 is 0. The molecule has 9 aromatic rings. The third kappa shape index (κ3) is 6.63. The summed E-state index contributed by atoms with van der Waals surface area (Å²) in [6.45, 7) is 0. The number of aromatic nitrogens is 3. The van der Waals surface area contributed by atoms with Crippen LogP contribution in [0.2, 0.25) is 0 Å². The summed E-state index contributed by atoms with van der Waals surface area (Å²) in [4.78, 5) is 15.0. The van der Waals surface area contributed by atoms with E-state index in [1.165, 1.54) is 27.8 Å². The maximum Gasteiger partial charge on any atom is 0.164 e. The second kappa shape index (κ2) is 14.8. The molecule has 0 atom stereocenters. The van der Waals surface area contributed by atoms with E-state index in [-0.39, 0.29) is 0 Å². The molecule has 3 nitrogen and oxygen atoms in total. The van der Waals surface area contributed by atoms with Crippen LogP contribution in [0.4, 0.5) is 0 Å². The molecule has 0 saturated heterocycles. The van der Waals surface area contributed by atoms with E-state index in [9.17, 15) is 0 Å². The molecule has 0 amide bonds. The fourth-order valence-electron chi connectivity index (χ4n) is 7.15. The Morgan fingerprint density at radius 2 is 0.574 bits per heavy atom. The van der Waals surface area contributed by atoms with Crippen LogP contribution >= 0.6 is 0 Å². The number of nitrogens with zero attached hydrogens (tertiary/aromatic N) is 3. The number of rotatable bonds is 8. The molecule has 0 aliphatic heterocycles. The third-order valence-electron chi connectivity index (χ3n) is 9.76. The van der Waals surface area contributed by atoms with Crippen LogP contribution < -0.4 is 0 Å². The van der Waals surface area contributed by atoms with Crippen molar-refractivity contribution in [1.29, 1.82) is 0 Å².